The van der Waals surface area contributed by atoms with Gasteiger partial charge in [0.05, 0.1) is 19.4 Å². The summed E-state index contributed by atoms with van der Waals surface area (Å²) in [6.07, 6.45) is 5.68. The van der Waals surface area contributed by atoms with Crippen molar-refractivity contribution in [1.82, 2.24) is 14.5 Å². The average Bonchev–Trinajstić information content (AvgIpc) is 3.21. The van der Waals surface area contributed by atoms with Crippen LogP contribution in [-0.4, -0.2) is 82.3 Å². The summed E-state index contributed by atoms with van der Waals surface area (Å²) in [5.41, 5.74) is 0. The maximum Gasteiger partial charge on any atom is 0.211 e. The third kappa shape index (κ3) is 6.22. The van der Waals surface area contributed by atoms with E-state index in [0.29, 0.717) is 19.7 Å². The first kappa shape index (κ1) is 19.5. The number of hydrogen-bond donors (Lipinski definition) is 1. The first-order chi connectivity index (χ1) is 11.4. The summed E-state index contributed by atoms with van der Waals surface area (Å²) in [7, 11) is -1.15. The van der Waals surface area contributed by atoms with E-state index in [0.717, 1.165) is 44.4 Å². The van der Waals surface area contributed by atoms with E-state index in [-0.39, 0.29) is 6.04 Å². The van der Waals surface area contributed by atoms with Gasteiger partial charge in [-0.05, 0) is 38.5 Å². The van der Waals surface area contributed by atoms with Crippen LogP contribution in [0.3, 0.4) is 0 Å². The minimum absolute atomic E-state index is 0.0202. The predicted molar refractivity (Wildman–Crippen MR) is 96.7 cm³/mol. The molecule has 0 spiro atoms. The first-order valence-corrected chi connectivity index (χ1v) is 10.8. The molecule has 7 nitrogen and oxygen atoms in total. The number of nitrogens with zero attached hydrogens (tertiary/aromatic N) is 3. The molecule has 0 aromatic rings. The summed E-state index contributed by atoms with van der Waals surface area (Å²) in [4.78, 5) is 6.71. The number of guanidine groups is 1. The number of sulfonamides is 1. The molecule has 2 rings (SSSR count). The van der Waals surface area contributed by atoms with Gasteiger partial charge in [-0.2, -0.15) is 4.31 Å². The molecule has 0 bridgehead atoms. The minimum Gasteiger partial charge on any atom is -0.379 e. The molecule has 1 saturated heterocycles. The number of rotatable bonds is 9. The van der Waals surface area contributed by atoms with Crippen molar-refractivity contribution in [3.05, 3.63) is 0 Å². The Labute approximate surface area is 146 Å². The number of hydrogen-bond acceptors (Lipinski definition) is 4. The SMILES string of the molecule is CCNC(=NC[C@H]1CCCN1S(C)(=O)=O)N(C)CCOCC1CC1. The lowest BCUT2D eigenvalue weighted by atomic mass is 10.2. The van der Waals surface area contributed by atoms with Gasteiger partial charge in [-0.15, -0.1) is 0 Å². The smallest absolute Gasteiger partial charge is 0.211 e. The van der Waals surface area contributed by atoms with Gasteiger partial charge in [-0.1, -0.05) is 0 Å². The molecule has 1 N–H and O–H groups in total. The van der Waals surface area contributed by atoms with Crippen molar-refractivity contribution in [3.63, 3.8) is 0 Å². The molecule has 1 aliphatic heterocycles. The van der Waals surface area contributed by atoms with E-state index in [4.69, 9.17) is 4.74 Å². The number of likely N-dealkylation sites (N-methyl/N-ethyl adjacent to an activating group) is 1. The first-order valence-electron chi connectivity index (χ1n) is 8.95. The minimum atomic E-state index is -3.14. The molecule has 2 fully saturated rings. The number of nitrogens with one attached hydrogen (secondary N) is 1. The van der Waals surface area contributed by atoms with Crippen LogP contribution < -0.4 is 5.32 Å². The molecule has 8 heteroatoms. The number of ether oxygens (including phenoxy) is 1. The lowest BCUT2D eigenvalue weighted by molar-refractivity contribution is 0.115. The standard InChI is InChI=1S/C16H32N4O3S/c1-4-17-16(19(2)10-11-23-13-14-7-8-14)18-12-15-6-5-9-20(15)24(3,21)22/h14-15H,4-13H2,1-3H3,(H,17,18)/t15-/m1/s1. The zero-order valence-corrected chi connectivity index (χ0v) is 16.0. The molecule has 0 aromatic carbocycles. The van der Waals surface area contributed by atoms with Gasteiger partial charge in [0.2, 0.25) is 10.0 Å². The topological polar surface area (TPSA) is 74.2 Å². The van der Waals surface area contributed by atoms with Crippen molar-refractivity contribution < 1.29 is 13.2 Å². The quantitative estimate of drug-likeness (QED) is 0.373. The molecule has 2 aliphatic rings. The molecule has 0 radical (unpaired) electrons. The summed E-state index contributed by atoms with van der Waals surface area (Å²) in [5, 5.41) is 3.27. The Bertz CT molecular complexity index is 519. The second kappa shape index (κ2) is 9.01. The van der Waals surface area contributed by atoms with Gasteiger partial charge < -0.3 is 15.0 Å². The molecular formula is C16H32N4O3S. The van der Waals surface area contributed by atoms with Crippen LogP contribution in [0.4, 0.5) is 0 Å². The van der Waals surface area contributed by atoms with Crippen molar-refractivity contribution >= 4 is 16.0 Å². The van der Waals surface area contributed by atoms with Gasteiger partial charge in [-0.25, -0.2) is 8.42 Å². The lowest BCUT2D eigenvalue weighted by Gasteiger charge is -2.24. The lowest BCUT2D eigenvalue weighted by Crippen LogP contribution is -2.42. The summed E-state index contributed by atoms with van der Waals surface area (Å²) in [5.74, 6) is 1.59. The molecule has 1 atom stereocenters. The normalized spacial score (nSPS) is 22.8. The van der Waals surface area contributed by atoms with E-state index < -0.39 is 10.0 Å². The summed E-state index contributed by atoms with van der Waals surface area (Å²) in [6.45, 7) is 6.27. The molecule has 1 aliphatic carbocycles. The Morgan fingerprint density at radius 1 is 1.38 bits per heavy atom. The van der Waals surface area contributed by atoms with Crippen LogP contribution in [0, 0.1) is 5.92 Å². The molecule has 24 heavy (non-hydrogen) atoms. The van der Waals surface area contributed by atoms with E-state index in [2.05, 4.69) is 15.2 Å². The van der Waals surface area contributed by atoms with Crippen molar-refractivity contribution in [2.45, 2.75) is 38.6 Å². The van der Waals surface area contributed by atoms with Crippen LogP contribution in [-0.2, 0) is 14.8 Å². The molecule has 140 valence electrons. The predicted octanol–water partition coefficient (Wildman–Crippen LogP) is 0.734. The Morgan fingerprint density at radius 3 is 2.75 bits per heavy atom. The van der Waals surface area contributed by atoms with Gasteiger partial charge in [0, 0.05) is 39.3 Å². The van der Waals surface area contributed by atoms with Crippen molar-refractivity contribution in [1.29, 1.82) is 0 Å². The third-order valence-electron chi connectivity index (χ3n) is 4.52. The van der Waals surface area contributed by atoms with Gasteiger partial charge in [0.1, 0.15) is 0 Å². The van der Waals surface area contributed by atoms with Gasteiger partial charge >= 0.3 is 0 Å². The molecular weight excluding hydrogens is 328 g/mol. The fourth-order valence-corrected chi connectivity index (χ4v) is 4.11. The second-order valence-corrected chi connectivity index (χ2v) is 8.74. The second-order valence-electron chi connectivity index (χ2n) is 6.80. The highest BCUT2D eigenvalue weighted by molar-refractivity contribution is 7.88. The Kier molecular flexibility index (Phi) is 7.31. The van der Waals surface area contributed by atoms with Crippen LogP contribution in [0.15, 0.2) is 4.99 Å². The average molecular weight is 361 g/mol. The Hall–Kier alpha value is -0.860. The Morgan fingerprint density at radius 2 is 2.12 bits per heavy atom. The maximum absolute atomic E-state index is 11.8. The largest absolute Gasteiger partial charge is 0.379 e. The maximum atomic E-state index is 11.8. The monoisotopic (exact) mass is 360 g/mol. The molecule has 0 aromatic heterocycles. The van der Waals surface area contributed by atoms with E-state index in [1.807, 2.05) is 14.0 Å². The molecule has 1 saturated carbocycles. The fraction of sp³-hybridized carbons (Fsp3) is 0.938. The molecule has 0 amide bonds. The van der Waals surface area contributed by atoms with Crippen LogP contribution in [0.25, 0.3) is 0 Å². The summed E-state index contributed by atoms with van der Waals surface area (Å²) in [6, 6.07) is -0.0202. The van der Waals surface area contributed by atoms with Crippen LogP contribution >= 0.6 is 0 Å². The zero-order chi connectivity index (χ0) is 17.6. The van der Waals surface area contributed by atoms with Crippen molar-refractivity contribution in [3.8, 4) is 0 Å². The van der Waals surface area contributed by atoms with E-state index in [9.17, 15) is 8.42 Å². The van der Waals surface area contributed by atoms with Crippen LogP contribution in [0.1, 0.15) is 32.6 Å². The van der Waals surface area contributed by atoms with Crippen molar-refractivity contribution in [2.75, 3.05) is 52.7 Å². The van der Waals surface area contributed by atoms with Gasteiger partial charge in [0.15, 0.2) is 5.96 Å². The highest BCUT2D eigenvalue weighted by Crippen LogP contribution is 2.28. The van der Waals surface area contributed by atoms with E-state index >= 15 is 0 Å². The highest BCUT2D eigenvalue weighted by Gasteiger charge is 2.31. The third-order valence-corrected chi connectivity index (χ3v) is 5.85. The van der Waals surface area contributed by atoms with Crippen LogP contribution in [0.5, 0.6) is 0 Å². The summed E-state index contributed by atoms with van der Waals surface area (Å²) >= 11 is 0. The Balaban J connectivity index is 1.84. The highest BCUT2D eigenvalue weighted by atomic mass is 32.2. The number of aliphatic imine (C=N–C) groups is 1. The van der Waals surface area contributed by atoms with Crippen LogP contribution in [0.2, 0.25) is 0 Å². The molecule has 0 unspecified atom stereocenters. The van der Waals surface area contributed by atoms with E-state index in [1.54, 1.807) is 4.31 Å². The zero-order valence-electron chi connectivity index (χ0n) is 15.2. The molecule has 1 heterocycles. The van der Waals surface area contributed by atoms with Gasteiger partial charge in [-0.3, -0.25) is 4.99 Å². The fourth-order valence-electron chi connectivity index (χ4n) is 2.93. The van der Waals surface area contributed by atoms with E-state index in [1.165, 1.54) is 19.1 Å². The summed E-state index contributed by atoms with van der Waals surface area (Å²) < 4.78 is 30.9. The van der Waals surface area contributed by atoms with Crippen molar-refractivity contribution in [2.24, 2.45) is 10.9 Å². The van der Waals surface area contributed by atoms with Gasteiger partial charge in [0.25, 0.3) is 0 Å².